The van der Waals surface area contributed by atoms with Crippen molar-refractivity contribution < 1.29 is 19.1 Å². The molecule has 0 aliphatic rings. The Kier molecular flexibility index (Phi) is 4.84. The van der Waals surface area contributed by atoms with Crippen LogP contribution in [0.1, 0.15) is 19.4 Å². The Balaban J connectivity index is 2.05. The van der Waals surface area contributed by atoms with Crippen LogP contribution in [0.3, 0.4) is 0 Å². The molecule has 23 heavy (non-hydrogen) atoms. The smallest absolute Gasteiger partial charge is 0.331 e. The van der Waals surface area contributed by atoms with Gasteiger partial charge in [0.2, 0.25) is 5.91 Å². The van der Waals surface area contributed by atoms with Crippen LogP contribution in [-0.2, 0) is 21.5 Å². The molecular weight excluding hydrogens is 369 g/mol. The molecule has 2 rings (SSSR count). The average molecular weight is 384 g/mol. The van der Waals surface area contributed by atoms with Crippen LogP contribution >= 0.6 is 15.9 Å². The predicted octanol–water partition coefficient (Wildman–Crippen LogP) is 2.79. The maximum atomic E-state index is 13.2. The summed E-state index contributed by atoms with van der Waals surface area (Å²) in [6.45, 7) is 3.01. The molecule has 0 radical (unpaired) electrons. The van der Waals surface area contributed by atoms with Crippen LogP contribution in [0.2, 0.25) is 0 Å². The molecule has 0 spiro atoms. The number of benzene rings is 1. The van der Waals surface area contributed by atoms with Gasteiger partial charge < -0.3 is 10.4 Å². The largest absolute Gasteiger partial charge is 0.479 e. The summed E-state index contributed by atoms with van der Waals surface area (Å²) in [6.07, 6.45) is 2.89. The second kappa shape index (κ2) is 6.49. The zero-order valence-electron chi connectivity index (χ0n) is 12.5. The van der Waals surface area contributed by atoms with Crippen LogP contribution in [0, 0.1) is 5.82 Å². The number of carboxylic acids is 1. The van der Waals surface area contributed by atoms with Crippen molar-refractivity contribution in [3.05, 3.63) is 46.4 Å². The van der Waals surface area contributed by atoms with Crippen molar-refractivity contribution >= 4 is 33.5 Å². The Morgan fingerprint density at radius 3 is 2.74 bits per heavy atom. The number of aliphatic carboxylic acids is 1. The second-order valence-corrected chi connectivity index (χ2v) is 6.37. The second-order valence-electron chi connectivity index (χ2n) is 5.51. The molecule has 0 saturated carbocycles. The first-order valence-electron chi connectivity index (χ1n) is 6.72. The van der Waals surface area contributed by atoms with Crippen LogP contribution in [0.4, 0.5) is 10.1 Å². The molecular formula is C15H15BrFN3O3. The summed E-state index contributed by atoms with van der Waals surface area (Å²) in [4.78, 5) is 23.2. The number of nitrogens with zero attached hydrogens (tertiary/aromatic N) is 2. The molecule has 6 nitrogen and oxygen atoms in total. The Morgan fingerprint density at radius 2 is 2.13 bits per heavy atom. The summed E-state index contributed by atoms with van der Waals surface area (Å²) in [7, 11) is 0. The van der Waals surface area contributed by atoms with Gasteiger partial charge in [-0.15, -0.1) is 0 Å². The molecule has 0 saturated heterocycles. The van der Waals surface area contributed by atoms with Crippen molar-refractivity contribution in [3.8, 4) is 0 Å². The van der Waals surface area contributed by atoms with E-state index in [4.69, 9.17) is 5.11 Å². The van der Waals surface area contributed by atoms with E-state index in [1.807, 2.05) is 0 Å². The highest BCUT2D eigenvalue weighted by atomic mass is 79.9. The minimum Gasteiger partial charge on any atom is -0.479 e. The van der Waals surface area contributed by atoms with Crippen LogP contribution < -0.4 is 5.32 Å². The van der Waals surface area contributed by atoms with Crippen molar-refractivity contribution in [2.75, 3.05) is 5.32 Å². The molecule has 2 N–H and O–H groups in total. The van der Waals surface area contributed by atoms with E-state index in [2.05, 4.69) is 26.3 Å². The summed E-state index contributed by atoms with van der Waals surface area (Å²) >= 11 is 3.07. The van der Waals surface area contributed by atoms with Gasteiger partial charge in [0.1, 0.15) is 5.82 Å². The number of aromatic nitrogens is 2. The van der Waals surface area contributed by atoms with Crippen molar-refractivity contribution in [3.63, 3.8) is 0 Å². The minimum absolute atomic E-state index is 0.0619. The van der Waals surface area contributed by atoms with Crippen LogP contribution in [0.15, 0.2) is 35.1 Å². The number of anilines is 1. The molecule has 0 aliphatic heterocycles. The lowest BCUT2D eigenvalue weighted by molar-refractivity contribution is -0.146. The Bertz CT molecular complexity index is 758. The molecule has 0 fully saturated rings. The normalized spacial score (nSPS) is 11.3. The van der Waals surface area contributed by atoms with E-state index >= 15 is 0 Å². The van der Waals surface area contributed by atoms with Gasteiger partial charge in [-0.2, -0.15) is 5.10 Å². The minimum atomic E-state index is -1.22. The maximum absolute atomic E-state index is 13.2. The fourth-order valence-corrected chi connectivity index (χ4v) is 2.26. The van der Waals surface area contributed by atoms with Crippen molar-refractivity contribution in [1.29, 1.82) is 0 Å². The third-order valence-corrected chi connectivity index (χ3v) is 3.92. The van der Waals surface area contributed by atoms with Crippen molar-refractivity contribution in [2.24, 2.45) is 0 Å². The monoisotopic (exact) mass is 383 g/mol. The molecule has 1 amide bonds. The van der Waals surface area contributed by atoms with Crippen LogP contribution in [-0.4, -0.2) is 26.8 Å². The molecule has 0 bridgehead atoms. The fourth-order valence-electron chi connectivity index (χ4n) is 1.83. The molecule has 8 heteroatoms. The molecule has 1 aromatic heterocycles. The van der Waals surface area contributed by atoms with E-state index in [1.54, 1.807) is 0 Å². The molecule has 0 unspecified atom stereocenters. The summed E-state index contributed by atoms with van der Waals surface area (Å²) < 4.78 is 14.7. The first kappa shape index (κ1) is 17.1. The lowest BCUT2D eigenvalue weighted by atomic mass is 10.1. The summed E-state index contributed by atoms with van der Waals surface area (Å²) in [5, 5.41) is 15.7. The lowest BCUT2D eigenvalue weighted by Gasteiger charge is -2.19. The highest BCUT2D eigenvalue weighted by molar-refractivity contribution is 9.10. The van der Waals surface area contributed by atoms with E-state index in [0.29, 0.717) is 15.7 Å². The van der Waals surface area contributed by atoms with Crippen molar-refractivity contribution in [2.45, 2.75) is 25.8 Å². The highest BCUT2D eigenvalue weighted by Crippen LogP contribution is 2.19. The molecule has 0 aliphatic carbocycles. The zero-order valence-corrected chi connectivity index (χ0v) is 14.1. The number of nitrogens with one attached hydrogen (secondary N) is 1. The number of rotatable bonds is 5. The van der Waals surface area contributed by atoms with E-state index in [-0.39, 0.29) is 12.3 Å². The van der Waals surface area contributed by atoms with Gasteiger partial charge in [0.05, 0.1) is 22.8 Å². The number of carbonyl (C=O) groups excluding carboxylic acids is 1. The van der Waals surface area contributed by atoms with Crippen LogP contribution in [0.5, 0.6) is 0 Å². The summed E-state index contributed by atoms with van der Waals surface area (Å²) in [5.74, 6) is -1.74. The quantitative estimate of drug-likeness (QED) is 0.831. The number of carboxylic acid groups (broad SMARTS) is 1. The molecule has 1 aromatic carbocycles. The SMILES string of the molecule is CC(C)(C(=O)O)n1cc(NC(=O)Cc2ccc(F)c(Br)c2)cn1. The fraction of sp³-hybridized carbons (Fsp3) is 0.267. The first-order chi connectivity index (χ1) is 10.7. The highest BCUT2D eigenvalue weighted by Gasteiger charge is 2.30. The van der Waals surface area contributed by atoms with Crippen molar-refractivity contribution in [1.82, 2.24) is 9.78 Å². The third-order valence-electron chi connectivity index (χ3n) is 3.31. The topological polar surface area (TPSA) is 84.2 Å². The first-order valence-corrected chi connectivity index (χ1v) is 7.52. The van der Waals surface area contributed by atoms with E-state index in [0.717, 1.165) is 0 Å². The zero-order chi connectivity index (χ0) is 17.2. The standard InChI is InChI=1S/C15H15BrFN3O3/c1-15(2,14(22)23)20-8-10(7-18-20)19-13(21)6-9-3-4-12(17)11(16)5-9/h3-5,7-8H,6H2,1-2H3,(H,19,21)(H,22,23). The number of halogens is 2. The molecule has 122 valence electrons. The van der Waals surface area contributed by atoms with E-state index < -0.39 is 17.3 Å². The van der Waals surface area contributed by atoms with E-state index in [1.165, 1.54) is 49.1 Å². The molecule has 0 atom stereocenters. The van der Waals surface area contributed by atoms with Gasteiger partial charge in [-0.1, -0.05) is 6.07 Å². The number of carbonyl (C=O) groups is 2. The Morgan fingerprint density at radius 1 is 1.43 bits per heavy atom. The lowest BCUT2D eigenvalue weighted by Crippen LogP contribution is -2.35. The number of hydrogen-bond donors (Lipinski definition) is 2. The van der Waals surface area contributed by atoms with Gasteiger partial charge in [-0.25, -0.2) is 9.18 Å². The Labute approximate surface area is 140 Å². The summed E-state index contributed by atoms with van der Waals surface area (Å²) in [5.41, 5.74) is -0.176. The van der Waals surface area contributed by atoms with Gasteiger partial charge in [0.25, 0.3) is 0 Å². The maximum Gasteiger partial charge on any atom is 0.331 e. The van der Waals surface area contributed by atoms with Gasteiger partial charge in [0, 0.05) is 6.20 Å². The number of hydrogen-bond acceptors (Lipinski definition) is 3. The van der Waals surface area contributed by atoms with Crippen LogP contribution in [0.25, 0.3) is 0 Å². The average Bonchev–Trinajstić information content (AvgIpc) is 2.91. The van der Waals surface area contributed by atoms with Gasteiger partial charge >= 0.3 is 5.97 Å². The molecule has 2 aromatic rings. The van der Waals surface area contributed by atoms with Gasteiger partial charge in [-0.05, 0) is 47.5 Å². The van der Waals surface area contributed by atoms with Gasteiger partial charge in [-0.3, -0.25) is 9.48 Å². The predicted molar refractivity (Wildman–Crippen MR) is 85.6 cm³/mol. The molecule has 1 heterocycles. The Hall–Kier alpha value is -2.22. The van der Waals surface area contributed by atoms with Gasteiger partial charge in [0.15, 0.2) is 5.54 Å². The van der Waals surface area contributed by atoms with E-state index in [9.17, 15) is 14.0 Å². The summed E-state index contributed by atoms with van der Waals surface area (Å²) in [6, 6.07) is 4.34. The number of amides is 1. The third kappa shape index (κ3) is 3.95.